The van der Waals surface area contributed by atoms with Crippen LogP contribution in [-0.4, -0.2) is 31.6 Å². The molecule has 0 fully saturated rings. The molecule has 1 rings (SSSR count). The molecule has 1 heterocycles. The lowest BCUT2D eigenvalue weighted by molar-refractivity contribution is -0.388. The van der Waals surface area contributed by atoms with Crippen molar-refractivity contribution >= 4 is 17.6 Å². The van der Waals surface area contributed by atoms with Crippen molar-refractivity contribution in [1.82, 2.24) is 9.55 Å². The van der Waals surface area contributed by atoms with Crippen LogP contribution in [0, 0.1) is 17.0 Å². The molecule has 0 aliphatic heterocycles. The van der Waals surface area contributed by atoms with Crippen LogP contribution in [0.15, 0.2) is 0 Å². The standard InChI is InChI=1S/C10H16N4O4/c1-4-5-7(10(15)16)12-8-9(14(17)18)11-6(2)13(8)3/h7,12H,4-5H2,1-3H3,(H,15,16). The molecule has 0 bridgehead atoms. The minimum Gasteiger partial charge on any atom is -0.480 e. The van der Waals surface area contributed by atoms with Gasteiger partial charge in [0.15, 0.2) is 0 Å². The number of anilines is 1. The molecule has 8 nitrogen and oxygen atoms in total. The fourth-order valence-electron chi connectivity index (χ4n) is 1.59. The van der Waals surface area contributed by atoms with E-state index in [0.29, 0.717) is 18.7 Å². The van der Waals surface area contributed by atoms with E-state index in [1.807, 2.05) is 6.92 Å². The molecule has 0 saturated carbocycles. The van der Waals surface area contributed by atoms with Crippen LogP contribution >= 0.6 is 0 Å². The second kappa shape index (κ2) is 5.48. The number of aryl methyl sites for hydroxylation is 1. The van der Waals surface area contributed by atoms with Crippen LogP contribution in [0.4, 0.5) is 11.6 Å². The Morgan fingerprint density at radius 1 is 1.67 bits per heavy atom. The summed E-state index contributed by atoms with van der Waals surface area (Å²) in [5.41, 5.74) is 0. The highest BCUT2D eigenvalue weighted by Gasteiger charge is 2.27. The first-order valence-corrected chi connectivity index (χ1v) is 5.55. The number of carboxylic acids is 1. The summed E-state index contributed by atoms with van der Waals surface area (Å²) < 4.78 is 1.48. The van der Waals surface area contributed by atoms with Crippen molar-refractivity contribution in [1.29, 1.82) is 0 Å². The van der Waals surface area contributed by atoms with Gasteiger partial charge in [-0.3, -0.25) is 4.57 Å². The third kappa shape index (κ3) is 2.76. The smallest absolute Gasteiger partial charge is 0.406 e. The van der Waals surface area contributed by atoms with Crippen LogP contribution in [0.1, 0.15) is 25.6 Å². The molecule has 0 aliphatic carbocycles. The van der Waals surface area contributed by atoms with E-state index in [0.717, 1.165) is 0 Å². The Hall–Kier alpha value is -2.12. The van der Waals surface area contributed by atoms with Gasteiger partial charge in [0, 0.05) is 14.0 Å². The second-order valence-corrected chi connectivity index (χ2v) is 3.97. The molecule has 0 radical (unpaired) electrons. The predicted octanol–water partition coefficient (Wildman–Crippen LogP) is 1.30. The van der Waals surface area contributed by atoms with Crippen LogP contribution in [0.3, 0.4) is 0 Å². The van der Waals surface area contributed by atoms with Crippen molar-refractivity contribution in [2.24, 2.45) is 7.05 Å². The van der Waals surface area contributed by atoms with Crippen LogP contribution in [0.25, 0.3) is 0 Å². The van der Waals surface area contributed by atoms with Crippen molar-refractivity contribution in [3.63, 3.8) is 0 Å². The third-order valence-corrected chi connectivity index (χ3v) is 2.66. The Morgan fingerprint density at radius 3 is 2.72 bits per heavy atom. The number of nitrogens with zero attached hydrogens (tertiary/aromatic N) is 3. The molecule has 1 aromatic rings. The van der Waals surface area contributed by atoms with E-state index in [1.54, 1.807) is 14.0 Å². The van der Waals surface area contributed by atoms with Gasteiger partial charge in [0.2, 0.25) is 11.6 Å². The van der Waals surface area contributed by atoms with E-state index in [2.05, 4.69) is 10.3 Å². The molecule has 8 heteroatoms. The fourth-order valence-corrected chi connectivity index (χ4v) is 1.59. The summed E-state index contributed by atoms with van der Waals surface area (Å²) in [5, 5.41) is 22.5. The number of imidazole rings is 1. The molecule has 1 unspecified atom stereocenters. The number of nitro groups is 1. The van der Waals surface area contributed by atoms with E-state index in [4.69, 9.17) is 5.11 Å². The summed E-state index contributed by atoms with van der Waals surface area (Å²) in [5.74, 6) is -0.814. The molecular weight excluding hydrogens is 240 g/mol. The molecule has 0 amide bonds. The van der Waals surface area contributed by atoms with Gasteiger partial charge in [-0.1, -0.05) is 13.3 Å². The highest BCUT2D eigenvalue weighted by molar-refractivity contribution is 5.77. The lowest BCUT2D eigenvalue weighted by Crippen LogP contribution is -2.30. The molecule has 1 atom stereocenters. The summed E-state index contributed by atoms with van der Waals surface area (Å²) in [4.78, 5) is 25.0. The normalized spacial score (nSPS) is 12.2. The maximum Gasteiger partial charge on any atom is 0.406 e. The zero-order valence-electron chi connectivity index (χ0n) is 10.5. The van der Waals surface area contributed by atoms with E-state index < -0.39 is 16.9 Å². The zero-order chi connectivity index (χ0) is 13.9. The molecular formula is C10H16N4O4. The van der Waals surface area contributed by atoms with Gasteiger partial charge in [-0.2, -0.15) is 0 Å². The fraction of sp³-hybridized carbons (Fsp3) is 0.600. The monoisotopic (exact) mass is 256 g/mol. The molecule has 0 aliphatic rings. The summed E-state index contributed by atoms with van der Waals surface area (Å²) >= 11 is 0. The number of nitrogens with one attached hydrogen (secondary N) is 1. The van der Waals surface area contributed by atoms with Gasteiger partial charge in [-0.25, -0.2) is 4.79 Å². The number of aliphatic carboxylic acids is 1. The van der Waals surface area contributed by atoms with E-state index >= 15 is 0 Å². The second-order valence-electron chi connectivity index (χ2n) is 3.97. The zero-order valence-corrected chi connectivity index (χ0v) is 10.5. The van der Waals surface area contributed by atoms with Crippen molar-refractivity contribution in [3.8, 4) is 0 Å². The summed E-state index contributed by atoms with van der Waals surface area (Å²) in [6.45, 7) is 3.47. The van der Waals surface area contributed by atoms with Crippen LogP contribution in [0.5, 0.6) is 0 Å². The van der Waals surface area contributed by atoms with E-state index in [-0.39, 0.29) is 11.6 Å². The first-order chi connectivity index (χ1) is 8.38. The molecule has 18 heavy (non-hydrogen) atoms. The molecule has 100 valence electrons. The Balaban J connectivity index is 3.08. The van der Waals surface area contributed by atoms with Gasteiger partial charge >= 0.3 is 11.8 Å². The Bertz CT molecular complexity index is 469. The minimum absolute atomic E-state index is 0.123. The number of carbonyl (C=O) groups is 1. The van der Waals surface area contributed by atoms with Gasteiger partial charge in [0.1, 0.15) is 6.04 Å². The highest BCUT2D eigenvalue weighted by atomic mass is 16.6. The Labute approximate surface area is 104 Å². The van der Waals surface area contributed by atoms with Gasteiger partial charge < -0.3 is 20.5 Å². The van der Waals surface area contributed by atoms with Gasteiger partial charge in [-0.05, 0) is 16.3 Å². The molecule has 0 aromatic carbocycles. The number of aromatic nitrogens is 2. The maximum atomic E-state index is 11.0. The third-order valence-electron chi connectivity index (χ3n) is 2.66. The van der Waals surface area contributed by atoms with E-state index in [9.17, 15) is 14.9 Å². The van der Waals surface area contributed by atoms with Crippen molar-refractivity contribution in [2.45, 2.75) is 32.7 Å². The minimum atomic E-state index is -1.04. The average Bonchev–Trinajstić information content (AvgIpc) is 2.56. The van der Waals surface area contributed by atoms with Gasteiger partial charge in [0.25, 0.3) is 0 Å². The number of hydrogen-bond donors (Lipinski definition) is 2. The van der Waals surface area contributed by atoms with Crippen LogP contribution in [-0.2, 0) is 11.8 Å². The van der Waals surface area contributed by atoms with Crippen LogP contribution < -0.4 is 5.32 Å². The first-order valence-electron chi connectivity index (χ1n) is 5.55. The molecule has 0 spiro atoms. The first kappa shape index (κ1) is 13.9. The van der Waals surface area contributed by atoms with Crippen molar-refractivity contribution in [3.05, 3.63) is 15.9 Å². The Kier molecular flexibility index (Phi) is 4.24. The SMILES string of the molecule is CCCC(Nc1c([N+](=O)[O-])nc(C)n1C)C(=O)O. The lowest BCUT2D eigenvalue weighted by Gasteiger charge is -2.14. The molecule has 0 saturated heterocycles. The number of hydrogen-bond acceptors (Lipinski definition) is 5. The van der Waals surface area contributed by atoms with E-state index in [1.165, 1.54) is 4.57 Å². The summed E-state index contributed by atoms with van der Waals surface area (Å²) in [7, 11) is 1.60. The lowest BCUT2D eigenvalue weighted by atomic mass is 10.2. The Morgan fingerprint density at radius 2 is 2.28 bits per heavy atom. The number of carboxylic acid groups (broad SMARTS) is 1. The summed E-state index contributed by atoms with van der Waals surface area (Å²) in [6.07, 6.45) is 1.05. The largest absolute Gasteiger partial charge is 0.480 e. The maximum absolute atomic E-state index is 11.0. The van der Waals surface area contributed by atoms with Gasteiger partial charge in [-0.15, -0.1) is 0 Å². The quantitative estimate of drug-likeness (QED) is 0.586. The average molecular weight is 256 g/mol. The van der Waals surface area contributed by atoms with Gasteiger partial charge in [0.05, 0.1) is 0 Å². The van der Waals surface area contributed by atoms with Crippen molar-refractivity contribution in [2.75, 3.05) is 5.32 Å². The predicted molar refractivity (Wildman–Crippen MR) is 64.6 cm³/mol. The topological polar surface area (TPSA) is 110 Å². The van der Waals surface area contributed by atoms with Crippen LogP contribution in [0.2, 0.25) is 0 Å². The summed E-state index contributed by atoms with van der Waals surface area (Å²) in [6, 6.07) is -0.858. The molecule has 2 N–H and O–H groups in total. The highest BCUT2D eigenvalue weighted by Crippen LogP contribution is 2.25. The molecule has 1 aromatic heterocycles. The van der Waals surface area contributed by atoms with Crippen molar-refractivity contribution < 1.29 is 14.8 Å². The number of rotatable bonds is 6.